The molecule has 3 nitrogen and oxygen atoms in total. The van der Waals surface area contributed by atoms with Crippen LogP contribution in [0.25, 0.3) is 0 Å². The highest BCUT2D eigenvalue weighted by Gasteiger charge is 2.12. The van der Waals surface area contributed by atoms with Gasteiger partial charge in [0.1, 0.15) is 0 Å². The van der Waals surface area contributed by atoms with Gasteiger partial charge in [0.05, 0.1) is 6.04 Å². The molecule has 0 aromatic heterocycles. The first-order valence-electron chi connectivity index (χ1n) is 6.58. The molecule has 0 aliphatic heterocycles. The van der Waals surface area contributed by atoms with Gasteiger partial charge in [0.15, 0.2) is 0 Å². The third-order valence-electron chi connectivity index (χ3n) is 2.73. The van der Waals surface area contributed by atoms with E-state index >= 15 is 0 Å². The minimum Gasteiger partial charge on any atom is -0.350 e. The van der Waals surface area contributed by atoms with Gasteiger partial charge in [-0.3, -0.25) is 4.79 Å². The van der Waals surface area contributed by atoms with Gasteiger partial charge in [0.25, 0.3) is 0 Å². The van der Waals surface area contributed by atoms with Crippen LogP contribution in [0.15, 0.2) is 28.7 Å². The minimum absolute atomic E-state index is 0.0274. The number of amides is 1. The molecule has 0 saturated heterocycles. The minimum atomic E-state index is 0.0274. The Bertz CT molecular complexity index is 426. The number of nitrogens with one attached hydrogen (secondary N) is 2. The van der Waals surface area contributed by atoms with Gasteiger partial charge in [-0.15, -0.1) is 0 Å². The lowest BCUT2D eigenvalue weighted by Gasteiger charge is -2.21. The van der Waals surface area contributed by atoms with Crippen molar-refractivity contribution in [2.45, 2.75) is 45.7 Å². The number of halogens is 1. The van der Waals surface area contributed by atoms with E-state index in [1.807, 2.05) is 31.2 Å². The maximum atomic E-state index is 11.8. The fraction of sp³-hybridized carbons (Fsp3) is 0.533. The van der Waals surface area contributed by atoms with Crippen LogP contribution in [-0.2, 0) is 4.79 Å². The van der Waals surface area contributed by atoms with Crippen molar-refractivity contribution in [2.24, 2.45) is 0 Å². The molecule has 1 amide bonds. The first-order valence-corrected chi connectivity index (χ1v) is 7.37. The van der Waals surface area contributed by atoms with Gasteiger partial charge in [-0.2, -0.15) is 0 Å². The van der Waals surface area contributed by atoms with E-state index in [0.717, 1.165) is 10.0 Å². The molecule has 1 rings (SSSR count). The molecule has 106 valence electrons. The van der Waals surface area contributed by atoms with Crippen LogP contribution in [0.1, 0.15) is 45.7 Å². The maximum absolute atomic E-state index is 11.8. The van der Waals surface area contributed by atoms with E-state index in [0.29, 0.717) is 13.0 Å². The summed E-state index contributed by atoms with van der Waals surface area (Å²) in [5.74, 6) is 0.0734. The molecular weight excluding hydrogens is 304 g/mol. The van der Waals surface area contributed by atoms with E-state index in [-0.39, 0.29) is 17.5 Å². The largest absolute Gasteiger partial charge is 0.350 e. The van der Waals surface area contributed by atoms with E-state index in [1.54, 1.807) is 0 Å². The van der Waals surface area contributed by atoms with Crippen LogP contribution in [0.3, 0.4) is 0 Å². The summed E-state index contributed by atoms with van der Waals surface area (Å²) in [6.45, 7) is 8.97. The molecule has 0 spiro atoms. The first-order chi connectivity index (χ1) is 8.78. The van der Waals surface area contributed by atoms with Crippen LogP contribution < -0.4 is 10.6 Å². The van der Waals surface area contributed by atoms with Gasteiger partial charge < -0.3 is 10.6 Å². The highest BCUT2D eigenvalue weighted by molar-refractivity contribution is 9.10. The fourth-order valence-electron chi connectivity index (χ4n) is 1.72. The predicted molar refractivity (Wildman–Crippen MR) is 83.1 cm³/mol. The van der Waals surface area contributed by atoms with Crippen LogP contribution in [0, 0.1) is 0 Å². The van der Waals surface area contributed by atoms with E-state index in [1.165, 1.54) is 0 Å². The quantitative estimate of drug-likeness (QED) is 0.870. The molecule has 0 aliphatic carbocycles. The highest BCUT2D eigenvalue weighted by Crippen LogP contribution is 2.17. The number of carbonyl (C=O) groups excluding carboxylic acids is 1. The molecule has 0 radical (unpaired) electrons. The second-order valence-corrected chi connectivity index (χ2v) is 6.69. The third-order valence-corrected chi connectivity index (χ3v) is 3.23. The smallest absolute Gasteiger partial charge is 0.221 e. The van der Waals surface area contributed by atoms with E-state index in [9.17, 15) is 4.79 Å². The number of hydrogen-bond acceptors (Lipinski definition) is 2. The van der Waals surface area contributed by atoms with Gasteiger partial charge in [0.2, 0.25) is 5.91 Å². The van der Waals surface area contributed by atoms with Gasteiger partial charge in [0, 0.05) is 23.0 Å². The third kappa shape index (κ3) is 6.73. The monoisotopic (exact) mass is 326 g/mol. The van der Waals surface area contributed by atoms with Crippen LogP contribution in [0.2, 0.25) is 0 Å². The summed E-state index contributed by atoms with van der Waals surface area (Å²) in [6, 6.07) is 8.02. The Balaban J connectivity index is 2.40. The average molecular weight is 327 g/mol. The normalized spacial score (nSPS) is 13.1. The number of rotatable bonds is 5. The Hall–Kier alpha value is -0.870. The fourth-order valence-corrected chi connectivity index (χ4v) is 2.14. The predicted octanol–water partition coefficient (Wildman–Crippen LogP) is 3.40. The molecule has 1 aromatic rings. The molecule has 19 heavy (non-hydrogen) atoms. The summed E-state index contributed by atoms with van der Waals surface area (Å²) in [5.41, 5.74) is 1.16. The molecule has 0 fully saturated rings. The maximum Gasteiger partial charge on any atom is 0.221 e. The SMILES string of the molecule is C[C@@H](NC(=O)CCNC(C)(C)C)c1cccc(Br)c1. The average Bonchev–Trinajstić information content (AvgIpc) is 2.27. The zero-order valence-electron chi connectivity index (χ0n) is 12.1. The van der Waals surface area contributed by atoms with Crippen molar-refractivity contribution in [2.75, 3.05) is 6.54 Å². The van der Waals surface area contributed by atoms with E-state index < -0.39 is 0 Å². The van der Waals surface area contributed by atoms with Crippen LogP contribution >= 0.6 is 15.9 Å². The van der Waals surface area contributed by atoms with Crippen molar-refractivity contribution in [3.63, 3.8) is 0 Å². The van der Waals surface area contributed by atoms with Gasteiger partial charge >= 0.3 is 0 Å². The van der Waals surface area contributed by atoms with Gasteiger partial charge in [-0.25, -0.2) is 0 Å². The summed E-state index contributed by atoms with van der Waals surface area (Å²) in [5, 5.41) is 6.32. The zero-order chi connectivity index (χ0) is 14.5. The van der Waals surface area contributed by atoms with Crippen molar-refractivity contribution in [1.29, 1.82) is 0 Å². The second-order valence-electron chi connectivity index (χ2n) is 5.77. The lowest BCUT2D eigenvalue weighted by Crippen LogP contribution is -2.38. The lowest BCUT2D eigenvalue weighted by molar-refractivity contribution is -0.121. The van der Waals surface area contributed by atoms with Crippen LogP contribution in [-0.4, -0.2) is 18.0 Å². The zero-order valence-corrected chi connectivity index (χ0v) is 13.7. The van der Waals surface area contributed by atoms with Crippen molar-refractivity contribution in [3.8, 4) is 0 Å². The molecule has 1 atom stereocenters. The Morgan fingerprint density at radius 1 is 1.37 bits per heavy atom. The van der Waals surface area contributed by atoms with E-state index in [2.05, 4.69) is 47.3 Å². The molecule has 0 heterocycles. The Morgan fingerprint density at radius 2 is 2.05 bits per heavy atom. The molecule has 0 aliphatic rings. The van der Waals surface area contributed by atoms with Crippen LogP contribution in [0.5, 0.6) is 0 Å². The summed E-state index contributed by atoms with van der Waals surface area (Å²) in [6.07, 6.45) is 0.496. The molecule has 0 bridgehead atoms. The molecule has 0 unspecified atom stereocenters. The van der Waals surface area contributed by atoms with Crippen molar-refractivity contribution < 1.29 is 4.79 Å². The first kappa shape index (κ1) is 16.2. The molecule has 0 saturated carbocycles. The Morgan fingerprint density at radius 3 is 2.63 bits per heavy atom. The lowest BCUT2D eigenvalue weighted by atomic mass is 10.1. The number of hydrogen-bond donors (Lipinski definition) is 2. The second kappa shape index (κ2) is 7.06. The van der Waals surface area contributed by atoms with Crippen molar-refractivity contribution in [3.05, 3.63) is 34.3 Å². The molecular formula is C15H23BrN2O. The number of benzene rings is 1. The van der Waals surface area contributed by atoms with E-state index in [4.69, 9.17) is 0 Å². The Kier molecular flexibility index (Phi) is 6.01. The summed E-state index contributed by atoms with van der Waals surface area (Å²) in [7, 11) is 0. The van der Waals surface area contributed by atoms with Crippen molar-refractivity contribution in [1.82, 2.24) is 10.6 Å². The summed E-state index contributed by atoms with van der Waals surface area (Å²) >= 11 is 3.44. The molecule has 2 N–H and O–H groups in total. The van der Waals surface area contributed by atoms with Crippen LogP contribution in [0.4, 0.5) is 0 Å². The molecule has 4 heteroatoms. The topological polar surface area (TPSA) is 41.1 Å². The Labute approximate surface area is 124 Å². The number of carbonyl (C=O) groups is 1. The summed E-state index contributed by atoms with van der Waals surface area (Å²) in [4.78, 5) is 11.8. The molecule has 1 aromatic carbocycles. The summed E-state index contributed by atoms with van der Waals surface area (Å²) < 4.78 is 1.03. The standard InChI is InChI=1S/C15H23BrN2O/c1-11(12-6-5-7-13(16)10-12)18-14(19)8-9-17-15(2,3)4/h5-7,10-11,17H,8-9H2,1-4H3,(H,18,19)/t11-/m1/s1. The van der Waals surface area contributed by atoms with Gasteiger partial charge in [-0.05, 0) is 45.4 Å². The van der Waals surface area contributed by atoms with Gasteiger partial charge in [-0.1, -0.05) is 28.1 Å². The van der Waals surface area contributed by atoms with Crippen molar-refractivity contribution >= 4 is 21.8 Å². The highest BCUT2D eigenvalue weighted by atomic mass is 79.9.